The van der Waals surface area contributed by atoms with E-state index in [4.69, 9.17) is 17.3 Å². The van der Waals surface area contributed by atoms with Crippen LogP contribution in [0.4, 0.5) is 4.79 Å². The smallest absolute Gasteiger partial charge is 0.325 e. The Morgan fingerprint density at radius 3 is 2.36 bits per heavy atom. The fraction of sp³-hybridized carbons (Fsp3) is 0.560. The van der Waals surface area contributed by atoms with Gasteiger partial charge in [-0.2, -0.15) is 0 Å². The van der Waals surface area contributed by atoms with E-state index >= 15 is 0 Å². The van der Waals surface area contributed by atoms with Crippen molar-refractivity contribution in [1.82, 2.24) is 29.9 Å². The molecule has 1 saturated carbocycles. The van der Waals surface area contributed by atoms with Crippen LogP contribution < -0.4 is 11.1 Å². The van der Waals surface area contributed by atoms with E-state index in [1.165, 1.54) is 10.5 Å². The van der Waals surface area contributed by atoms with Gasteiger partial charge in [0.15, 0.2) is 0 Å². The van der Waals surface area contributed by atoms with E-state index in [0.29, 0.717) is 42.7 Å². The number of rotatable bonds is 6. The predicted molar refractivity (Wildman–Crippen MR) is 155 cm³/mol. The third-order valence-corrected chi connectivity index (χ3v) is 8.26. The molecule has 0 unspecified atom stereocenters. The van der Waals surface area contributed by atoms with Gasteiger partial charge in [-0.1, -0.05) is 23.7 Å². The Morgan fingerprint density at radius 2 is 1.77 bits per heavy atom. The summed E-state index contributed by atoms with van der Waals surface area (Å²) in [4.78, 5) is 41.1. The molecule has 3 N–H and O–H groups in total. The number of aromatic nitrogens is 3. The molecule has 10 nitrogen and oxygen atoms in total. The number of benzene rings is 1. The van der Waals surface area contributed by atoms with Gasteiger partial charge in [-0.25, -0.2) is 4.79 Å². The van der Waals surface area contributed by atoms with Gasteiger partial charge in [0.25, 0.3) is 11.8 Å². The van der Waals surface area contributed by atoms with E-state index < -0.39 is 11.6 Å². The highest BCUT2D eigenvalue weighted by molar-refractivity contribution is 6.30. The molecular formula is C25H35Cl4N7O3. The van der Waals surface area contributed by atoms with Crippen molar-refractivity contribution in [3.63, 3.8) is 0 Å². The molecule has 3 heterocycles. The predicted octanol–water partition coefficient (Wildman–Crippen LogP) is 3.36. The molecule has 2 fully saturated rings. The molecule has 216 valence electrons. The summed E-state index contributed by atoms with van der Waals surface area (Å²) in [7, 11) is 0. The highest BCUT2D eigenvalue weighted by Crippen LogP contribution is 2.41. The van der Waals surface area contributed by atoms with Gasteiger partial charge in [0.05, 0.1) is 0 Å². The number of fused-ring (bicyclic) bond motifs is 1. The lowest BCUT2D eigenvalue weighted by atomic mass is 9.68. The number of nitrogens with one attached hydrogen (secondary N) is 1. The van der Waals surface area contributed by atoms with Gasteiger partial charge in [0.1, 0.15) is 11.4 Å². The van der Waals surface area contributed by atoms with Crippen LogP contribution in [-0.2, 0) is 23.2 Å². The monoisotopic (exact) mass is 621 g/mol. The maximum atomic E-state index is 13.4. The van der Waals surface area contributed by atoms with Crippen molar-refractivity contribution in [3.05, 3.63) is 46.5 Å². The lowest BCUT2D eigenvalue weighted by molar-refractivity contribution is -0.130. The number of hydrogen-bond donors (Lipinski definition) is 2. The Hall–Kier alpha value is -2.11. The number of nitrogens with two attached hydrogens (primary N) is 1. The van der Waals surface area contributed by atoms with Crippen LogP contribution in [0.25, 0.3) is 0 Å². The zero-order valence-electron chi connectivity index (χ0n) is 21.9. The Morgan fingerprint density at radius 1 is 1.08 bits per heavy atom. The van der Waals surface area contributed by atoms with Gasteiger partial charge in [0.2, 0.25) is 5.82 Å². The van der Waals surface area contributed by atoms with E-state index in [9.17, 15) is 14.4 Å². The van der Waals surface area contributed by atoms with Crippen molar-refractivity contribution in [1.29, 1.82) is 0 Å². The van der Waals surface area contributed by atoms with Gasteiger partial charge in [-0.15, -0.1) is 47.4 Å². The lowest BCUT2D eigenvalue weighted by Gasteiger charge is -2.44. The van der Waals surface area contributed by atoms with Crippen LogP contribution in [0.3, 0.4) is 0 Å². The molecule has 1 aliphatic carbocycles. The number of halogens is 4. The second-order valence-corrected chi connectivity index (χ2v) is 11.0. The molecule has 0 spiro atoms. The fourth-order valence-corrected chi connectivity index (χ4v) is 6.02. The summed E-state index contributed by atoms with van der Waals surface area (Å²) >= 11 is 6.24. The molecule has 1 aromatic carbocycles. The van der Waals surface area contributed by atoms with Crippen LogP contribution in [0.2, 0.25) is 5.02 Å². The molecule has 4 amide bonds. The molecule has 1 aromatic heterocycles. The number of urea groups is 1. The zero-order chi connectivity index (χ0) is 25.7. The van der Waals surface area contributed by atoms with E-state index in [-0.39, 0.29) is 67.0 Å². The van der Waals surface area contributed by atoms with Crippen molar-refractivity contribution in [2.75, 3.05) is 19.6 Å². The first kappa shape index (κ1) is 33.1. The van der Waals surface area contributed by atoms with Crippen molar-refractivity contribution in [3.8, 4) is 0 Å². The van der Waals surface area contributed by atoms with Crippen molar-refractivity contribution < 1.29 is 14.4 Å². The number of carbonyl (C=O) groups excluding carboxylic acids is 3. The average Bonchev–Trinajstić information content (AvgIpc) is 3.36. The van der Waals surface area contributed by atoms with Crippen molar-refractivity contribution >= 4 is 66.7 Å². The minimum absolute atomic E-state index is 0. The maximum absolute atomic E-state index is 13.4. The van der Waals surface area contributed by atoms with Crippen LogP contribution in [-0.4, -0.2) is 73.6 Å². The number of nitrogens with zero attached hydrogens (tertiary/aromatic N) is 5. The van der Waals surface area contributed by atoms with Crippen LogP contribution in [0, 0.1) is 0 Å². The topological polar surface area (TPSA) is 126 Å². The molecule has 14 heteroatoms. The quantitative estimate of drug-likeness (QED) is 0.476. The van der Waals surface area contributed by atoms with Gasteiger partial charge in [0, 0.05) is 49.1 Å². The minimum atomic E-state index is -0.911. The Balaban J connectivity index is 0.00000178. The number of carbonyl (C=O) groups is 3. The third-order valence-electron chi connectivity index (χ3n) is 8.03. The Bertz CT molecular complexity index is 1210. The molecule has 2 aromatic rings. The highest BCUT2D eigenvalue weighted by atomic mass is 35.5. The van der Waals surface area contributed by atoms with Crippen LogP contribution in [0.1, 0.15) is 61.5 Å². The molecule has 0 bridgehead atoms. The standard InChI is InChI=1S/C25H32ClN7O3.3ClH/c1-24(2)22(35)33(23(36)28-24)11-8-19-29-30-20-21(34)31(12-13-32(19)20)18-6-9-25(15-27,10-7-18)16-4-3-5-17(26)14-16;;;/h3-5,14,18H,6-13,15,27H2,1-2H3,(H,28,36);3*1H/t18-,25-;;;. The van der Waals surface area contributed by atoms with Crippen molar-refractivity contribution in [2.45, 2.75) is 69.5 Å². The zero-order valence-corrected chi connectivity index (χ0v) is 25.1. The van der Waals surface area contributed by atoms with Gasteiger partial charge >= 0.3 is 6.03 Å². The first-order valence-electron chi connectivity index (χ1n) is 12.5. The second-order valence-electron chi connectivity index (χ2n) is 10.6. The van der Waals surface area contributed by atoms with Crippen molar-refractivity contribution in [2.24, 2.45) is 5.73 Å². The minimum Gasteiger partial charge on any atom is -0.331 e. The van der Waals surface area contributed by atoms with E-state index in [0.717, 1.165) is 25.7 Å². The number of amides is 4. The highest BCUT2D eigenvalue weighted by Gasteiger charge is 2.44. The summed E-state index contributed by atoms with van der Waals surface area (Å²) in [6, 6.07) is 7.65. The molecule has 5 rings (SSSR count). The van der Waals surface area contributed by atoms with Gasteiger partial charge < -0.3 is 20.5 Å². The number of hydrogen-bond acceptors (Lipinski definition) is 6. The largest absolute Gasteiger partial charge is 0.331 e. The first-order valence-corrected chi connectivity index (χ1v) is 12.9. The van der Waals surface area contributed by atoms with E-state index in [1.54, 1.807) is 13.8 Å². The molecule has 39 heavy (non-hydrogen) atoms. The summed E-state index contributed by atoms with van der Waals surface area (Å²) in [5.74, 6) is 0.537. The maximum Gasteiger partial charge on any atom is 0.325 e. The molecule has 0 radical (unpaired) electrons. The van der Waals surface area contributed by atoms with Gasteiger partial charge in [-0.3, -0.25) is 14.5 Å². The third kappa shape index (κ3) is 6.00. The first-order chi connectivity index (χ1) is 17.1. The van der Waals surface area contributed by atoms with Crippen LogP contribution in [0.5, 0.6) is 0 Å². The Kier molecular flexibility index (Phi) is 10.7. The summed E-state index contributed by atoms with van der Waals surface area (Å²) in [5, 5.41) is 11.8. The molecule has 2 aliphatic heterocycles. The Labute approximate surface area is 251 Å². The molecule has 0 atom stereocenters. The SMILES string of the molecule is CC1(C)NC(=O)N(CCc2nnc3n2CCN([C@H]2CC[C@](CN)(c4cccc(Cl)c4)CC2)C3=O)C1=O.Cl.Cl.Cl. The number of imide groups is 1. The van der Waals surface area contributed by atoms with Crippen LogP contribution >= 0.6 is 48.8 Å². The summed E-state index contributed by atoms with van der Waals surface area (Å²) in [6.07, 6.45) is 3.84. The summed E-state index contributed by atoms with van der Waals surface area (Å²) in [6.45, 7) is 5.25. The normalized spacial score (nSPS) is 23.8. The fourth-order valence-electron chi connectivity index (χ4n) is 5.83. The molecule has 1 saturated heterocycles. The van der Waals surface area contributed by atoms with Gasteiger partial charge in [-0.05, 0) is 57.2 Å². The molecule has 3 aliphatic rings. The summed E-state index contributed by atoms with van der Waals surface area (Å²) in [5.41, 5.74) is 6.38. The molecular weight excluding hydrogens is 588 g/mol. The lowest BCUT2D eigenvalue weighted by Crippen LogP contribution is -2.51. The average molecular weight is 623 g/mol. The van der Waals surface area contributed by atoms with E-state index in [1.807, 2.05) is 27.7 Å². The van der Waals surface area contributed by atoms with Crippen LogP contribution in [0.15, 0.2) is 24.3 Å². The second kappa shape index (κ2) is 12.6. The summed E-state index contributed by atoms with van der Waals surface area (Å²) < 4.78 is 1.82. The van der Waals surface area contributed by atoms with E-state index in [2.05, 4.69) is 21.6 Å².